The molecule has 2 N–H and O–H groups in total. The molecule has 1 rings (SSSR count). The van der Waals surface area contributed by atoms with Crippen molar-refractivity contribution in [2.24, 2.45) is 5.92 Å². The Bertz CT molecular complexity index is 443. The summed E-state index contributed by atoms with van der Waals surface area (Å²) in [7, 11) is 0. The first kappa shape index (κ1) is 15.9. The molecular weight excluding hydrogens is 355 g/mol. The summed E-state index contributed by atoms with van der Waals surface area (Å²) in [6.45, 7) is 6.34. The van der Waals surface area contributed by atoms with Crippen molar-refractivity contribution in [1.29, 1.82) is 0 Å². The van der Waals surface area contributed by atoms with Gasteiger partial charge in [-0.1, -0.05) is 13.8 Å². The molecule has 0 aliphatic heterocycles. The van der Waals surface area contributed by atoms with E-state index in [1.165, 1.54) is 0 Å². The molecule has 5 heteroatoms. The SMILES string of the molecule is CC(C)CNC(=O)C(C)NC(=O)c1ccc(I)cc1. The molecule has 0 radical (unpaired) electrons. The van der Waals surface area contributed by atoms with Gasteiger partial charge in [-0.15, -0.1) is 0 Å². The number of amides is 2. The number of carbonyl (C=O) groups excluding carboxylic acids is 2. The lowest BCUT2D eigenvalue weighted by molar-refractivity contribution is -0.122. The minimum atomic E-state index is -0.537. The molecule has 0 saturated heterocycles. The average Bonchev–Trinajstić information content (AvgIpc) is 2.36. The van der Waals surface area contributed by atoms with Gasteiger partial charge < -0.3 is 10.6 Å². The first-order valence-electron chi connectivity index (χ1n) is 6.24. The summed E-state index contributed by atoms with van der Waals surface area (Å²) in [6, 6.07) is 6.68. The van der Waals surface area contributed by atoms with Gasteiger partial charge >= 0.3 is 0 Å². The van der Waals surface area contributed by atoms with E-state index in [2.05, 4.69) is 33.2 Å². The highest BCUT2D eigenvalue weighted by Gasteiger charge is 2.16. The number of carbonyl (C=O) groups is 2. The van der Waals surface area contributed by atoms with E-state index in [0.717, 1.165) is 3.57 Å². The Morgan fingerprint density at radius 3 is 2.26 bits per heavy atom. The monoisotopic (exact) mass is 374 g/mol. The Hall–Kier alpha value is -1.11. The topological polar surface area (TPSA) is 58.2 Å². The van der Waals surface area contributed by atoms with E-state index in [-0.39, 0.29) is 11.8 Å². The number of nitrogens with one attached hydrogen (secondary N) is 2. The van der Waals surface area contributed by atoms with Crippen LogP contribution in [0.2, 0.25) is 0 Å². The second-order valence-corrected chi connectivity index (χ2v) is 6.09. The van der Waals surface area contributed by atoms with Crippen LogP contribution in [0.4, 0.5) is 0 Å². The van der Waals surface area contributed by atoms with Gasteiger partial charge in [-0.3, -0.25) is 9.59 Å². The predicted octanol–water partition coefficient (Wildman–Crippen LogP) is 2.18. The van der Waals surface area contributed by atoms with Crippen molar-refractivity contribution >= 4 is 34.4 Å². The summed E-state index contributed by atoms with van der Waals surface area (Å²) in [5, 5.41) is 5.48. The molecule has 19 heavy (non-hydrogen) atoms. The molecule has 4 nitrogen and oxygen atoms in total. The Kier molecular flexibility index (Phi) is 6.27. The summed E-state index contributed by atoms with van der Waals surface area (Å²) >= 11 is 2.18. The van der Waals surface area contributed by atoms with Crippen LogP contribution in [0, 0.1) is 9.49 Å². The second-order valence-electron chi connectivity index (χ2n) is 4.84. The Labute approximate surface area is 127 Å². The van der Waals surface area contributed by atoms with Gasteiger partial charge in [0.15, 0.2) is 0 Å². The molecule has 0 fully saturated rings. The minimum Gasteiger partial charge on any atom is -0.354 e. The highest BCUT2D eigenvalue weighted by Crippen LogP contribution is 2.06. The summed E-state index contributed by atoms with van der Waals surface area (Å²) in [6.07, 6.45) is 0. The molecule has 0 aliphatic carbocycles. The maximum atomic E-state index is 11.9. The summed E-state index contributed by atoms with van der Waals surface area (Å²) in [5.41, 5.74) is 0.559. The highest BCUT2D eigenvalue weighted by atomic mass is 127. The number of hydrogen-bond donors (Lipinski definition) is 2. The predicted molar refractivity (Wildman–Crippen MR) is 83.9 cm³/mol. The third-order valence-electron chi connectivity index (χ3n) is 2.53. The molecule has 1 atom stereocenters. The fourth-order valence-corrected chi connectivity index (χ4v) is 1.76. The van der Waals surface area contributed by atoms with Crippen molar-refractivity contribution in [2.75, 3.05) is 6.54 Å². The van der Waals surface area contributed by atoms with Crippen LogP contribution in [-0.4, -0.2) is 24.4 Å². The zero-order valence-electron chi connectivity index (χ0n) is 11.4. The third-order valence-corrected chi connectivity index (χ3v) is 3.25. The molecule has 0 heterocycles. The van der Waals surface area contributed by atoms with E-state index in [1.54, 1.807) is 19.1 Å². The van der Waals surface area contributed by atoms with Crippen molar-refractivity contribution in [2.45, 2.75) is 26.8 Å². The van der Waals surface area contributed by atoms with Gasteiger partial charge in [0.1, 0.15) is 6.04 Å². The van der Waals surface area contributed by atoms with Crippen LogP contribution in [0.25, 0.3) is 0 Å². The summed E-state index contributed by atoms with van der Waals surface area (Å²) in [4.78, 5) is 23.7. The Morgan fingerprint density at radius 2 is 1.74 bits per heavy atom. The molecule has 1 aromatic carbocycles. The Balaban J connectivity index is 2.51. The summed E-state index contributed by atoms with van der Waals surface area (Å²) in [5.74, 6) is -0.000733. The highest BCUT2D eigenvalue weighted by molar-refractivity contribution is 14.1. The molecule has 0 spiro atoms. The fourth-order valence-electron chi connectivity index (χ4n) is 1.40. The van der Waals surface area contributed by atoms with Crippen molar-refractivity contribution in [1.82, 2.24) is 10.6 Å². The average molecular weight is 374 g/mol. The first-order chi connectivity index (χ1) is 8.90. The lowest BCUT2D eigenvalue weighted by Gasteiger charge is -2.15. The van der Waals surface area contributed by atoms with Crippen LogP contribution >= 0.6 is 22.6 Å². The van der Waals surface area contributed by atoms with Crippen LogP contribution in [0.15, 0.2) is 24.3 Å². The lowest BCUT2D eigenvalue weighted by Crippen LogP contribution is -2.45. The number of benzene rings is 1. The fraction of sp³-hybridized carbons (Fsp3) is 0.429. The molecule has 2 amide bonds. The zero-order valence-corrected chi connectivity index (χ0v) is 13.5. The molecule has 0 saturated carbocycles. The van der Waals surface area contributed by atoms with E-state index in [0.29, 0.717) is 18.0 Å². The first-order valence-corrected chi connectivity index (χ1v) is 7.32. The maximum absolute atomic E-state index is 11.9. The van der Waals surface area contributed by atoms with Gasteiger partial charge in [0.2, 0.25) is 5.91 Å². The van der Waals surface area contributed by atoms with Gasteiger partial charge in [-0.25, -0.2) is 0 Å². The van der Waals surface area contributed by atoms with Crippen LogP contribution in [0.3, 0.4) is 0 Å². The molecule has 104 valence electrons. The van der Waals surface area contributed by atoms with Gasteiger partial charge in [-0.05, 0) is 59.7 Å². The van der Waals surface area contributed by atoms with Crippen molar-refractivity contribution in [3.63, 3.8) is 0 Å². The van der Waals surface area contributed by atoms with E-state index in [1.807, 2.05) is 26.0 Å². The second kappa shape index (κ2) is 7.47. The molecule has 0 aliphatic rings. The van der Waals surface area contributed by atoms with Gasteiger partial charge in [0.05, 0.1) is 0 Å². The van der Waals surface area contributed by atoms with E-state index in [4.69, 9.17) is 0 Å². The van der Waals surface area contributed by atoms with Crippen molar-refractivity contribution in [3.05, 3.63) is 33.4 Å². The van der Waals surface area contributed by atoms with Gasteiger partial charge in [0, 0.05) is 15.7 Å². The van der Waals surface area contributed by atoms with Crippen LogP contribution < -0.4 is 10.6 Å². The quantitative estimate of drug-likeness (QED) is 0.777. The molecule has 1 aromatic rings. The smallest absolute Gasteiger partial charge is 0.251 e. The van der Waals surface area contributed by atoms with Crippen LogP contribution in [0.5, 0.6) is 0 Å². The maximum Gasteiger partial charge on any atom is 0.251 e. The Morgan fingerprint density at radius 1 is 1.16 bits per heavy atom. The standard InChI is InChI=1S/C14H19IN2O2/c1-9(2)8-16-13(18)10(3)17-14(19)11-4-6-12(15)7-5-11/h4-7,9-10H,8H2,1-3H3,(H,16,18)(H,17,19). The third kappa shape index (κ3) is 5.59. The van der Waals surface area contributed by atoms with Gasteiger partial charge in [-0.2, -0.15) is 0 Å². The van der Waals surface area contributed by atoms with E-state index in [9.17, 15) is 9.59 Å². The van der Waals surface area contributed by atoms with E-state index < -0.39 is 6.04 Å². The van der Waals surface area contributed by atoms with E-state index >= 15 is 0 Å². The van der Waals surface area contributed by atoms with Crippen molar-refractivity contribution < 1.29 is 9.59 Å². The largest absolute Gasteiger partial charge is 0.354 e. The van der Waals surface area contributed by atoms with Crippen molar-refractivity contribution in [3.8, 4) is 0 Å². The van der Waals surface area contributed by atoms with Gasteiger partial charge in [0.25, 0.3) is 5.91 Å². The number of rotatable bonds is 5. The lowest BCUT2D eigenvalue weighted by atomic mass is 10.2. The summed E-state index contributed by atoms with van der Waals surface area (Å²) < 4.78 is 1.07. The van der Waals surface area contributed by atoms with Crippen LogP contribution in [-0.2, 0) is 4.79 Å². The minimum absolute atomic E-state index is 0.160. The molecular formula is C14H19IN2O2. The van der Waals surface area contributed by atoms with Crippen LogP contribution in [0.1, 0.15) is 31.1 Å². The molecule has 1 unspecified atom stereocenters. The molecule has 0 bridgehead atoms. The zero-order chi connectivity index (χ0) is 14.4. The number of hydrogen-bond acceptors (Lipinski definition) is 2. The normalized spacial score (nSPS) is 12.1. The number of halogens is 1. The molecule has 0 aromatic heterocycles.